The van der Waals surface area contributed by atoms with Gasteiger partial charge in [-0.2, -0.15) is 0 Å². The second kappa shape index (κ2) is 7.40. The van der Waals surface area contributed by atoms with Crippen molar-refractivity contribution in [3.8, 4) is 0 Å². The van der Waals surface area contributed by atoms with Crippen molar-refractivity contribution in [2.75, 3.05) is 6.54 Å². The molecule has 5 nitrogen and oxygen atoms in total. The average Bonchev–Trinajstić information content (AvgIpc) is 2.95. The summed E-state index contributed by atoms with van der Waals surface area (Å²) in [6, 6.07) is 0.322. The summed E-state index contributed by atoms with van der Waals surface area (Å²) in [4.78, 5) is 27.3. The van der Waals surface area contributed by atoms with Crippen molar-refractivity contribution in [2.45, 2.75) is 102 Å². The van der Waals surface area contributed by atoms with Crippen LogP contribution in [0, 0.1) is 11.8 Å². The predicted molar refractivity (Wildman–Crippen MR) is 99.7 cm³/mol. The van der Waals surface area contributed by atoms with Crippen LogP contribution in [-0.2, 0) is 9.53 Å². The quantitative estimate of drug-likeness (QED) is 0.822. The van der Waals surface area contributed by atoms with E-state index in [1.807, 2.05) is 0 Å². The van der Waals surface area contributed by atoms with E-state index in [9.17, 15) is 9.59 Å². The maximum Gasteiger partial charge on any atom is 0.407 e. The fourth-order valence-electron chi connectivity index (χ4n) is 6.22. The van der Waals surface area contributed by atoms with Crippen LogP contribution in [0.5, 0.6) is 0 Å². The lowest BCUT2D eigenvalue weighted by molar-refractivity contribution is -0.141. The molecule has 2 heterocycles. The first-order chi connectivity index (χ1) is 12.6. The molecule has 0 aromatic heterocycles. The van der Waals surface area contributed by atoms with E-state index in [1.165, 1.54) is 6.42 Å². The van der Waals surface area contributed by atoms with Gasteiger partial charge in [0, 0.05) is 30.5 Å². The smallest absolute Gasteiger partial charge is 0.407 e. The molecule has 0 aromatic rings. The zero-order valence-corrected chi connectivity index (χ0v) is 16.2. The SMILES string of the molecule is CCC[C@H]1[C@@H](OC(=O)NC2CCC2)CC[C@@]23CCCN2C(=O)CCC[C@@H]13. The number of amides is 2. The predicted octanol–water partition coefficient (Wildman–Crippen LogP) is 4.01. The van der Waals surface area contributed by atoms with Crippen molar-refractivity contribution in [3.63, 3.8) is 0 Å². The van der Waals surface area contributed by atoms with Gasteiger partial charge in [0.2, 0.25) is 5.91 Å². The number of ether oxygens (including phenoxy) is 1. The molecule has 0 aromatic carbocycles. The number of rotatable bonds is 4. The second-order valence-corrected chi connectivity index (χ2v) is 8.96. The van der Waals surface area contributed by atoms with Gasteiger partial charge >= 0.3 is 6.09 Å². The zero-order chi connectivity index (χ0) is 18.1. The third-order valence-electron chi connectivity index (χ3n) is 7.59. The molecule has 2 amide bonds. The van der Waals surface area contributed by atoms with E-state index < -0.39 is 0 Å². The van der Waals surface area contributed by atoms with Gasteiger partial charge < -0.3 is 15.0 Å². The number of carbonyl (C=O) groups is 2. The lowest BCUT2D eigenvalue weighted by Crippen LogP contribution is -2.58. The summed E-state index contributed by atoms with van der Waals surface area (Å²) in [5, 5.41) is 3.04. The Bertz CT molecular complexity index is 547. The Morgan fingerprint density at radius 1 is 1.19 bits per heavy atom. The minimum Gasteiger partial charge on any atom is -0.446 e. The molecule has 2 aliphatic carbocycles. The first-order valence-corrected chi connectivity index (χ1v) is 10.9. The highest BCUT2D eigenvalue weighted by Gasteiger charge is 2.56. The van der Waals surface area contributed by atoms with Crippen LogP contribution in [0.3, 0.4) is 0 Å². The van der Waals surface area contributed by atoms with Gasteiger partial charge in [0.05, 0.1) is 0 Å². The van der Waals surface area contributed by atoms with Crippen LogP contribution in [0.4, 0.5) is 4.79 Å². The number of nitrogens with one attached hydrogen (secondary N) is 1. The number of hydrogen-bond donors (Lipinski definition) is 1. The van der Waals surface area contributed by atoms with E-state index in [0.717, 1.165) is 70.8 Å². The lowest BCUT2D eigenvalue weighted by atomic mass is 9.62. The maximum atomic E-state index is 12.7. The van der Waals surface area contributed by atoms with E-state index >= 15 is 0 Å². The van der Waals surface area contributed by atoms with Gasteiger partial charge in [-0.05, 0) is 70.1 Å². The molecule has 1 N–H and O–H groups in total. The van der Waals surface area contributed by atoms with Crippen molar-refractivity contribution < 1.29 is 14.3 Å². The summed E-state index contributed by atoms with van der Waals surface area (Å²) in [5.74, 6) is 1.25. The van der Waals surface area contributed by atoms with Gasteiger partial charge in [-0.15, -0.1) is 0 Å². The zero-order valence-electron chi connectivity index (χ0n) is 16.2. The van der Waals surface area contributed by atoms with Gasteiger partial charge in [-0.3, -0.25) is 4.79 Å². The van der Waals surface area contributed by atoms with Crippen molar-refractivity contribution in [1.82, 2.24) is 10.2 Å². The molecular formula is C21H34N2O3. The van der Waals surface area contributed by atoms with Gasteiger partial charge in [-0.1, -0.05) is 13.3 Å². The number of nitrogens with zero attached hydrogens (tertiary/aromatic N) is 1. The molecule has 4 rings (SSSR count). The average molecular weight is 363 g/mol. The van der Waals surface area contributed by atoms with Gasteiger partial charge in [0.1, 0.15) is 6.10 Å². The number of hydrogen-bond acceptors (Lipinski definition) is 3. The van der Waals surface area contributed by atoms with Crippen molar-refractivity contribution >= 4 is 12.0 Å². The largest absolute Gasteiger partial charge is 0.446 e. The standard InChI is InChI=1S/C21H34N2O3/c1-2-6-16-17-9-4-10-19(24)23-14-5-12-21(17,23)13-11-18(16)26-20(25)22-15-7-3-8-15/h15-18H,2-14H2,1H3,(H,22,25)/t16-,17+,18+,21-/m1/s1. The van der Waals surface area contributed by atoms with Crippen molar-refractivity contribution in [1.29, 1.82) is 0 Å². The fourth-order valence-corrected chi connectivity index (χ4v) is 6.22. The van der Waals surface area contributed by atoms with E-state index in [2.05, 4.69) is 17.1 Å². The number of carbonyl (C=O) groups excluding carboxylic acids is 2. The first kappa shape index (κ1) is 18.1. The molecule has 2 aliphatic heterocycles. The highest BCUT2D eigenvalue weighted by Crippen LogP contribution is 2.53. The van der Waals surface area contributed by atoms with E-state index in [4.69, 9.17) is 4.74 Å². The minimum absolute atomic E-state index is 0.0151. The highest BCUT2D eigenvalue weighted by molar-refractivity contribution is 5.78. The fraction of sp³-hybridized carbons (Fsp3) is 0.905. The monoisotopic (exact) mass is 362 g/mol. The Morgan fingerprint density at radius 3 is 2.77 bits per heavy atom. The Balaban J connectivity index is 1.51. The van der Waals surface area contributed by atoms with Gasteiger partial charge in [0.25, 0.3) is 0 Å². The molecule has 2 saturated heterocycles. The third kappa shape index (κ3) is 3.11. The summed E-state index contributed by atoms with van der Waals surface area (Å²) >= 11 is 0. The molecule has 4 fully saturated rings. The van der Waals surface area contributed by atoms with Crippen LogP contribution in [0.25, 0.3) is 0 Å². The molecule has 4 atom stereocenters. The molecule has 146 valence electrons. The van der Waals surface area contributed by atoms with E-state index in [1.54, 1.807) is 0 Å². The summed E-state index contributed by atoms with van der Waals surface area (Å²) < 4.78 is 5.97. The van der Waals surface area contributed by atoms with Crippen LogP contribution in [-0.4, -0.2) is 41.1 Å². The lowest BCUT2D eigenvalue weighted by Gasteiger charge is -2.52. The molecule has 4 aliphatic rings. The van der Waals surface area contributed by atoms with E-state index in [-0.39, 0.29) is 17.7 Å². The Labute approximate surface area is 157 Å². The molecule has 2 saturated carbocycles. The Hall–Kier alpha value is -1.26. The van der Waals surface area contributed by atoms with Crippen LogP contribution in [0.2, 0.25) is 0 Å². The second-order valence-electron chi connectivity index (χ2n) is 8.96. The summed E-state index contributed by atoms with van der Waals surface area (Å²) in [6.07, 6.45) is 12.4. The summed E-state index contributed by atoms with van der Waals surface area (Å²) in [7, 11) is 0. The minimum atomic E-state index is -0.218. The molecule has 0 radical (unpaired) electrons. The highest BCUT2D eigenvalue weighted by atomic mass is 16.6. The third-order valence-corrected chi connectivity index (χ3v) is 7.59. The summed E-state index contributed by atoms with van der Waals surface area (Å²) in [5.41, 5.74) is 0.0533. The van der Waals surface area contributed by atoms with Crippen LogP contribution < -0.4 is 5.32 Å². The topological polar surface area (TPSA) is 58.6 Å². The van der Waals surface area contributed by atoms with Gasteiger partial charge in [-0.25, -0.2) is 4.79 Å². The van der Waals surface area contributed by atoms with Crippen LogP contribution >= 0.6 is 0 Å². The normalized spacial score (nSPS) is 37.3. The molecule has 26 heavy (non-hydrogen) atoms. The molecule has 0 bridgehead atoms. The van der Waals surface area contributed by atoms with Crippen molar-refractivity contribution in [2.24, 2.45) is 11.8 Å². The summed E-state index contributed by atoms with van der Waals surface area (Å²) in [6.45, 7) is 3.16. The Morgan fingerprint density at radius 2 is 2.04 bits per heavy atom. The molecular weight excluding hydrogens is 328 g/mol. The molecule has 1 spiro atoms. The van der Waals surface area contributed by atoms with Gasteiger partial charge in [0.15, 0.2) is 0 Å². The molecule has 0 unspecified atom stereocenters. The first-order valence-electron chi connectivity index (χ1n) is 10.9. The van der Waals surface area contributed by atoms with Crippen LogP contribution in [0.1, 0.15) is 84.0 Å². The maximum absolute atomic E-state index is 12.7. The molecule has 5 heteroatoms. The van der Waals surface area contributed by atoms with Crippen LogP contribution in [0.15, 0.2) is 0 Å². The van der Waals surface area contributed by atoms with Crippen molar-refractivity contribution in [3.05, 3.63) is 0 Å². The number of alkyl carbamates (subject to hydrolysis) is 1. The Kier molecular flexibility index (Phi) is 5.15. The van der Waals surface area contributed by atoms with E-state index in [0.29, 0.717) is 30.2 Å².